The molecule has 2 N–H and O–H groups in total. The van der Waals surface area contributed by atoms with Crippen LogP contribution >= 0.6 is 11.3 Å². The van der Waals surface area contributed by atoms with Crippen LogP contribution in [0.1, 0.15) is 11.1 Å². The monoisotopic (exact) mass is 290 g/mol. The molecule has 0 aliphatic carbocycles. The second-order valence-electron chi connectivity index (χ2n) is 5.11. The maximum absolute atomic E-state index is 12.1. The Morgan fingerprint density at radius 2 is 2.10 bits per heavy atom. The Hall–Kier alpha value is -1.66. The fraction of sp³-hybridized carbons (Fsp3) is 0.429. The molecule has 1 aliphatic heterocycles. The molecule has 1 aromatic carbocycles. The quantitative estimate of drug-likeness (QED) is 0.847. The SMILES string of the molecule is Cc1cc(C)c2nc(NC(=O)N3CCNCC3)sc2c1. The number of hydrogen-bond donors (Lipinski definition) is 2. The molecule has 1 fully saturated rings. The van der Waals surface area contributed by atoms with E-state index in [4.69, 9.17) is 0 Å². The van der Waals surface area contributed by atoms with Crippen LogP contribution in [-0.4, -0.2) is 42.1 Å². The Morgan fingerprint density at radius 1 is 1.35 bits per heavy atom. The van der Waals surface area contributed by atoms with Crippen LogP contribution in [0, 0.1) is 13.8 Å². The summed E-state index contributed by atoms with van der Waals surface area (Å²) in [7, 11) is 0. The van der Waals surface area contributed by atoms with Crippen molar-refractivity contribution in [2.75, 3.05) is 31.5 Å². The van der Waals surface area contributed by atoms with E-state index in [1.807, 2.05) is 4.90 Å². The molecule has 106 valence electrons. The second-order valence-corrected chi connectivity index (χ2v) is 6.15. The maximum Gasteiger partial charge on any atom is 0.323 e. The number of urea groups is 1. The van der Waals surface area contributed by atoms with Crippen LogP contribution in [0.15, 0.2) is 12.1 Å². The van der Waals surface area contributed by atoms with Gasteiger partial charge in [-0.05, 0) is 31.0 Å². The molecule has 1 aromatic heterocycles. The smallest absolute Gasteiger partial charge is 0.322 e. The molecular formula is C14H18N4OS. The first kappa shape index (κ1) is 13.3. The summed E-state index contributed by atoms with van der Waals surface area (Å²) in [6.45, 7) is 7.32. The van der Waals surface area contributed by atoms with Gasteiger partial charge in [0.15, 0.2) is 5.13 Å². The van der Waals surface area contributed by atoms with Gasteiger partial charge in [0.2, 0.25) is 0 Å². The van der Waals surface area contributed by atoms with Crippen LogP contribution < -0.4 is 10.6 Å². The van der Waals surface area contributed by atoms with Crippen molar-refractivity contribution in [2.45, 2.75) is 13.8 Å². The summed E-state index contributed by atoms with van der Waals surface area (Å²) in [6.07, 6.45) is 0. The molecular weight excluding hydrogens is 272 g/mol. The molecule has 6 heteroatoms. The molecule has 0 atom stereocenters. The molecule has 0 spiro atoms. The molecule has 0 unspecified atom stereocenters. The number of carbonyl (C=O) groups excluding carboxylic acids is 1. The zero-order valence-corrected chi connectivity index (χ0v) is 12.5. The largest absolute Gasteiger partial charge is 0.323 e. The first-order chi connectivity index (χ1) is 9.63. The molecule has 1 saturated heterocycles. The average Bonchev–Trinajstić information content (AvgIpc) is 2.82. The van der Waals surface area contributed by atoms with Crippen molar-refractivity contribution in [1.29, 1.82) is 0 Å². The van der Waals surface area contributed by atoms with E-state index in [2.05, 4.69) is 41.6 Å². The van der Waals surface area contributed by atoms with Crippen LogP contribution in [0.25, 0.3) is 10.2 Å². The molecule has 2 heterocycles. The number of rotatable bonds is 1. The summed E-state index contributed by atoms with van der Waals surface area (Å²) < 4.78 is 1.12. The Labute approximate surface area is 122 Å². The Balaban J connectivity index is 1.80. The Morgan fingerprint density at radius 3 is 2.85 bits per heavy atom. The van der Waals surface area contributed by atoms with Crippen molar-refractivity contribution >= 4 is 32.7 Å². The number of aromatic nitrogens is 1. The fourth-order valence-electron chi connectivity index (χ4n) is 2.46. The summed E-state index contributed by atoms with van der Waals surface area (Å²) in [5, 5.41) is 6.83. The van der Waals surface area contributed by atoms with Crippen LogP contribution in [0.3, 0.4) is 0 Å². The van der Waals surface area contributed by atoms with Gasteiger partial charge in [0.05, 0.1) is 10.2 Å². The van der Waals surface area contributed by atoms with Crippen molar-refractivity contribution in [2.24, 2.45) is 0 Å². The third-order valence-corrected chi connectivity index (χ3v) is 4.37. The molecule has 2 amide bonds. The summed E-state index contributed by atoms with van der Waals surface area (Å²) in [6, 6.07) is 4.17. The highest BCUT2D eigenvalue weighted by atomic mass is 32.1. The van der Waals surface area contributed by atoms with E-state index in [9.17, 15) is 4.79 Å². The van der Waals surface area contributed by atoms with Crippen molar-refractivity contribution in [3.63, 3.8) is 0 Å². The number of amides is 2. The predicted molar refractivity (Wildman–Crippen MR) is 82.6 cm³/mol. The van der Waals surface area contributed by atoms with E-state index in [0.29, 0.717) is 5.13 Å². The average molecular weight is 290 g/mol. The van der Waals surface area contributed by atoms with Crippen molar-refractivity contribution in [3.8, 4) is 0 Å². The van der Waals surface area contributed by atoms with Crippen LogP contribution in [0.5, 0.6) is 0 Å². The summed E-state index contributed by atoms with van der Waals surface area (Å²) in [5.74, 6) is 0. The third kappa shape index (κ3) is 2.62. The zero-order valence-electron chi connectivity index (χ0n) is 11.7. The first-order valence-electron chi connectivity index (χ1n) is 6.78. The number of anilines is 1. The zero-order chi connectivity index (χ0) is 14.1. The topological polar surface area (TPSA) is 57.3 Å². The van der Waals surface area contributed by atoms with Gasteiger partial charge in [0, 0.05) is 26.2 Å². The number of benzene rings is 1. The number of carbonyl (C=O) groups is 1. The van der Waals surface area contributed by atoms with Gasteiger partial charge in [-0.25, -0.2) is 9.78 Å². The lowest BCUT2D eigenvalue weighted by Crippen LogP contribution is -2.48. The van der Waals surface area contributed by atoms with Gasteiger partial charge in [-0.1, -0.05) is 17.4 Å². The molecule has 2 aromatic rings. The number of fused-ring (bicyclic) bond motifs is 1. The number of nitrogens with one attached hydrogen (secondary N) is 2. The van der Waals surface area contributed by atoms with Gasteiger partial charge in [-0.15, -0.1) is 0 Å². The molecule has 20 heavy (non-hydrogen) atoms. The number of nitrogens with zero attached hydrogens (tertiary/aromatic N) is 2. The van der Waals surface area contributed by atoms with E-state index >= 15 is 0 Å². The molecule has 5 nitrogen and oxygen atoms in total. The van der Waals surface area contributed by atoms with Crippen molar-refractivity contribution in [1.82, 2.24) is 15.2 Å². The number of hydrogen-bond acceptors (Lipinski definition) is 4. The van der Waals surface area contributed by atoms with Crippen LogP contribution in [0.2, 0.25) is 0 Å². The standard InChI is InChI=1S/C14H18N4OS/c1-9-7-10(2)12-11(8-9)20-13(16-12)17-14(19)18-5-3-15-4-6-18/h7-8,15H,3-6H2,1-2H3,(H,16,17,19). The minimum absolute atomic E-state index is 0.0556. The van der Waals surface area contributed by atoms with Gasteiger partial charge >= 0.3 is 6.03 Å². The molecule has 0 bridgehead atoms. The normalized spacial score (nSPS) is 15.6. The lowest BCUT2D eigenvalue weighted by atomic mass is 10.1. The van der Waals surface area contributed by atoms with E-state index in [0.717, 1.165) is 42.0 Å². The lowest BCUT2D eigenvalue weighted by molar-refractivity contribution is 0.204. The minimum Gasteiger partial charge on any atom is -0.322 e. The lowest BCUT2D eigenvalue weighted by Gasteiger charge is -2.26. The van der Waals surface area contributed by atoms with E-state index < -0.39 is 0 Å². The second kappa shape index (κ2) is 5.38. The first-order valence-corrected chi connectivity index (χ1v) is 7.59. The molecule has 1 aliphatic rings. The van der Waals surface area contributed by atoms with Gasteiger partial charge < -0.3 is 10.2 Å². The van der Waals surface area contributed by atoms with Gasteiger partial charge in [0.25, 0.3) is 0 Å². The summed E-state index contributed by atoms with van der Waals surface area (Å²) in [5.41, 5.74) is 3.36. The Kier molecular flexibility index (Phi) is 3.58. The van der Waals surface area contributed by atoms with E-state index in [1.165, 1.54) is 16.9 Å². The van der Waals surface area contributed by atoms with Crippen molar-refractivity contribution in [3.05, 3.63) is 23.3 Å². The third-order valence-electron chi connectivity index (χ3n) is 3.45. The number of piperazine rings is 1. The van der Waals surface area contributed by atoms with Crippen LogP contribution in [-0.2, 0) is 0 Å². The van der Waals surface area contributed by atoms with Crippen molar-refractivity contribution < 1.29 is 4.79 Å². The highest BCUT2D eigenvalue weighted by Gasteiger charge is 2.17. The predicted octanol–water partition coefficient (Wildman–Crippen LogP) is 2.35. The number of thiazole rings is 1. The van der Waals surface area contributed by atoms with Gasteiger partial charge in [-0.2, -0.15) is 0 Å². The molecule has 0 saturated carbocycles. The van der Waals surface area contributed by atoms with E-state index in [-0.39, 0.29) is 6.03 Å². The molecule has 0 radical (unpaired) electrons. The maximum atomic E-state index is 12.1. The van der Waals surface area contributed by atoms with E-state index in [1.54, 1.807) is 0 Å². The number of aryl methyl sites for hydroxylation is 2. The minimum atomic E-state index is -0.0556. The highest BCUT2D eigenvalue weighted by Crippen LogP contribution is 2.29. The fourth-order valence-corrected chi connectivity index (χ4v) is 3.49. The van der Waals surface area contributed by atoms with Gasteiger partial charge in [0.1, 0.15) is 0 Å². The van der Waals surface area contributed by atoms with Gasteiger partial charge in [-0.3, -0.25) is 5.32 Å². The highest BCUT2D eigenvalue weighted by molar-refractivity contribution is 7.22. The van der Waals surface area contributed by atoms with Crippen LogP contribution in [0.4, 0.5) is 9.93 Å². The summed E-state index contributed by atoms with van der Waals surface area (Å²) in [4.78, 5) is 18.5. The summed E-state index contributed by atoms with van der Waals surface area (Å²) >= 11 is 1.53. The Bertz CT molecular complexity index is 646. The molecule has 3 rings (SSSR count).